The lowest BCUT2D eigenvalue weighted by Crippen LogP contribution is -2.49. The Morgan fingerprint density at radius 2 is 1.97 bits per heavy atom. The van der Waals surface area contributed by atoms with Gasteiger partial charge < -0.3 is 29.1 Å². The molecule has 0 unspecified atom stereocenters. The number of ether oxygens (including phenoxy) is 3. The number of fused-ring (bicyclic) bond motifs is 1. The molecule has 0 bridgehead atoms. The molecule has 8 nitrogen and oxygen atoms in total. The van der Waals surface area contributed by atoms with Crippen molar-refractivity contribution in [3.8, 4) is 11.5 Å². The fraction of sp³-hybridized carbons (Fsp3) is 0.400. The molecular formula is C30H34FNO7. The average molecular weight is 540 g/mol. The van der Waals surface area contributed by atoms with Gasteiger partial charge in [0.15, 0.2) is 11.4 Å². The molecule has 1 amide bonds. The van der Waals surface area contributed by atoms with Crippen LogP contribution in [-0.4, -0.2) is 36.1 Å². The SMILES string of the molecule is CO[C@@H]1CC[C@H](Oc2ccc3c(O)c(NC(=O)c4ccc(CC=C(C)C)c(F)c4)c(=O)oc3c2C)OC1(C)C. The molecule has 1 aliphatic rings. The zero-order valence-corrected chi connectivity index (χ0v) is 23.0. The minimum Gasteiger partial charge on any atom is -0.505 e. The van der Waals surface area contributed by atoms with Crippen LogP contribution in [0, 0.1) is 12.7 Å². The van der Waals surface area contributed by atoms with Crippen molar-refractivity contribution in [1.82, 2.24) is 0 Å². The van der Waals surface area contributed by atoms with Crippen LogP contribution in [0.1, 0.15) is 62.0 Å². The van der Waals surface area contributed by atoms with Crippen molar-refractivity contribution in [2.24, 2.45) is 0 Å². The first-order valence-corrected chi connectivity index (χ1v) is 12.8. The summed E-state index contributed by atoms with van der Waals surface area (Å²) in [6, 6.07) is 7.26. The molecule has 39 heavy (non-hydrogen) atoms. The van der Waals surface area contributed by atoms with Crippen molar-refractivity contribution in [3.05, 3.63) is 74.9 Å². The number of halogens is 1. The Hall–Kier alpha value is -3.69. The molecule has 1 aromatic heterocycles. The number of benzene rings is 2. The highest BCUT2D eigenvalue weighted by molar-refractivity contribution is 6.06. The van der Waals surface area contributed by atoms with Crippen molar-refractivity contribution < 1.29 is 32.9 Å². The molecule has 3 aromatic rings. The molecule has 9 heteroatoms. The maximum atomic E-state index is 14.5. The van der Waals surface area contributed by atoms with Crippen LogP contribution in [0.15, 0.2) is 51.2 Å². The van der Waals surface area contributed by atoms with Crippen LogP contribution in [0.2, 0.25) is 0 Å². The van der Waals surface area contributed by atoms with Crippen LogP contribution in [-0.2, 0) is 15.9 Å². The zero-order valence-electron chi connectivity index (χ0n) is 23.0. The molecule has 0 saturated carbocycles. The quantitative estimate of drug-likeness (QED) is 0.279. The van der Waals surface area contributed by atoms with E-state index in [-0.39, 0.29) is 22.6 Å². The lowest BCUT2D eigenvalue weighted by atomic mass is 9.94. The summed E-state index contributed by atoms with van der Waals surface area (Å²) in [5, 5.41) is 13.4. The molecule has 2 atom stereocenters. The number of methoxy groups -OCH3 is 1. The third-order valence-corrected chi connectivity index (χ3v) is 6.95. The lowest BCUT2D eigenvalue weighted by Gasteiger charge is -2.41. The molecular weight excluding hydrogens is 505 g/mol. The highest BCUT2D eigenvalue weighted by Crippen LogP contribution is 2.37. The van der Waals surface area contributed by atoms with Crippen molar-refractivity contribution >= 4 is 22.6 Å². The molecule has 2 heterocycles. The van der Waals surface area contributed by atoms with Gasteiger partial charge >= 0.3 is 5.63 Å². The average Bonchev–Trinajstić information content (AvgIpc) is 2.87. The summed E-state index contributed by atoms with van der Waals surface area (Å²) in [7, 11) is 1.65. The van der Waals surface area contributed by atoms with Gasteiger partial charge in [-0.2, -0.15) is 0 Å². The molecule has 1 aliphatic heterocycles. The minimum absolute atomic E-state index is 0.00149. The molecule has 0 spiro atoms. The van der Waals surface area contributed by atoms with Gasteiger partial charge in [0.1, 0.15) is 17.1 Å². The van der Waals surface area contributed by atoms with E-state index in [0.717, 1.165) is 18.1 Å². The lowest BCUT2D eigenvalue weighted by molar-refractivity contribution is -0.233. The summed E-state index contributed by atoms with van der Waals surface area (Å²) < 4.78 is 37.7. The normalized spacial score (nSPS) is 18.5. The largest absolute Gasteiger partial charge is 0.505 e. The second-order valence-electron chi connectivity index (χ2n) is 10.5. The first kappa shape index (κ1) is 28.3. The predicted octanol–water partition coefficient (Wildman–Crippen LogP) is 6.02. The van der Waals surface area contributed by atoms with Gasteiger partial charge in [-0.05, 0) is 77.3 Å². The van der Waals surface area contributed by atoms with E-state index in [9.17, 15) is 19.1 Å². The molecule has 4 rings (SSSR count). The third kappa shape index (κ3) is 5.99. The maximum absolute atomic E-state index is 14.5. The number of hydrogen-bond acceptors (Lipinski definition) is 7. The number of anilines is 1. The smallest absolute Gasteiger partial charge is 0.364 e. The Bertz CT molecular complexity index is 1490. The monoisotopic (exact) mass is 539 g/mol. The van der Waals surface area contributed by atoms with Gasteiger partial charge in [0.25, 0.3) is 5.91 Å². The van der Waals surface area contributed by atoms with Gasteiger partial charge in [0.05, 0.1) is 17.1 Å². The number of nitrogens with one attached hydrogen (secondary N) is 1. The molecule has 1 saturated heterocycles. The van der Waals surface area contributed by atoms with Crippen molar-refractivity contribution in [1.29, 1.82) is 0 Å². The number of amides is 1. The fourth-order valence-corrected chi connectivity index (χ4v) is 4.69. The molecule has 1 fully saturated rings. The van der Waals surface area contributed by atoms with E-state index in [1.807, 2.05) is 33.8 Å². The van der Waals surface area contributed by atoms with Gasteiger partial charge in [-0.15, -0.1) is 0 Å². The highest BCUT2D eigenvalue weighted by Gasteiger charge is 2.39. The number of carbonyl (C=O) groups excluding carboxylic acids is 1. The van der Waals surface area contributed by atoms with E-state index in [1.165, 1.54) is 18.2 Å². The van der Waals surface area contributed by atoms with E-state index < -0.39 is 40.7 Å². The zero-order chi connectivity index (χ0) is 28.5. The Kier molecular flexibility index (Phi) is 8.13. The van der Waals surface area contributed by atoms with E-state index in [1.54, 1.807) is 20.1 Å². The first-order chi connectivity index (χ1) is 18.4. The van der Waals surface area contributed by atoms with Gasteiger partial charge in [-0.3, -0.25) is 4.79 Å². The fourth-order valence-electron chi connectivity index (χ4n) is 4.69. The standard InChI is InChI=1S/C30H34FNO7/c1-16(2)7-8-18-9-10-19(15-21(18)31)28(34)32-25-26(33)20-11-12-22(17(3)27(20)38-29(25)35)37-24-14-13-23(36-6)30(4,5)39-24/h7,9-12,15,23-24,33H,8,13-14H2,1-6H3,(H,32,34)/t23-,24-/m1/s1. The summed E-state index contributed by atoms with van der Waals surface area (Å²) in [5.74, 6) is -1.32. The molecule has 2 N–H and O–H groups in total. The summed E-state index contributed by atoms with van der Waals surface area (Å²) in [6.45, 7) is 9.40. The second kappa shape index (κ2) is 11.2. The van der Waals surface area contributed by atoms with Gasteiger partial charge in [0, 0.05) is 24.7 Å². The summed E-state index contributed by atoms with van der Waals surface area (Å²) in [6.07, 6.45) is 3.05. The Morgan fingerprint density at radius 3 is 2.62 bits per heavy atom. The number of aromatic hydroxyl groups is 1. The second-order valence-corrected chi connectivity index (χ2v) is 10.5. The van der Waals surface area contributed by atoms with Gasteiger partial charge in [-0.25, -0.2) is 9.18 Å². The maximum Gasteiger partial charge on any atom is 0.364 e. The van der Waals surface area contributed by atoms with Crippen molar-refractivity contribution in [2.75, 3.05) is 12.4 Å². The van der Waals surface area contributed by atoms with E-state index in [2.05, 4.69) is 5.32 Å². The molecule has 208 valence electrons. The van der Waals surface area contributed by atoms with Crippen LogP contribution in [0.5, 0.6) is 11.5 Å². The van der Waals surface area contributed by atoms with Gasteiger partial charge in [0.2, 0.25) is 6.29 Å². The topological polar surface area (TPSA) is 107 Å². The number of allylic oxidation sites excluding steroid dienone is 2. The highest BCUT2D eigenvalue weighted by atomic mass is 19.1. The van der Waals surface area contributed by atoms with Crippen LogP contribution < -0.4 is 15.7 Å². The summed E-state index contributed by atoms with van der Waals surface area (Å²) >= 11 is 0. The van der Waals surface area contributed by atoms with Crippen molar-refractivity contribution in [2.45, 2.75) is 71.9 Å². The Morgan fingerprint density at radius 1 is 1.23 bits per heavy atom. The molecule has 2 aromatic carbocycles. The van der Waals surface area contributed by atoms with E-state index in [4.69, 9.17) is 18.6 Å². The predicted molar refractivity (Wildman–Crippen MR) is 146 cm³/mol. The number of rotatable bonds is 7. The molecule has 0 aliphatic carbocycles. The first-order valence-electron chi connectivity index (χ1n) is 12.8. The van der Waals surface area contributed by atoms with Crippen LogP contribution in [0.25, 0.3) is 11.0 Å². The van der Waals surface area contributed by atoms with Crippen LogP contribution in [0.3, 0.4) is 0 Å². The summed E-state index contributed by atoms with van der Waals surface area (Å²) in [5.41, 5.74) is 0.165. The molecule has 0 radical (unpaired) electrons. The summed E-state index contributed by atoms with van der Waals surface area (Å²) in [4.78, 5) is 25.6. The van der Waals surface area contributed by atoms with Crippen LogP contribution in [0.4, 0.5) is 10.1 Å². The van der Waals surface area contributed by atoms with Crippen molar-refractivity contribution in [3.63, 3.8) is 0 Å². The number of carbonyl (C=O) groups is 1. The van der Waals surface area contributed by atoms with Crippen LogP contribution >= 0.6 is 0 Å². The Labute approximate surface area is 226 Å². The third-order valence-electron chi connectivity index (χ3n) is 6.95. The number of hydrogen-bond donors (Lipinski definition) is 2. The van der Waals surface area contributed by atoms with E-state index in [0.29, 0.717) is 29.7 Å². The number of aryl methyl sites for hydroxylation is 1. The Balaban J connectivity index is 1.57. The minimum atomic E-state index is -0.952. The van der Waals surface area contributed by atoms with Gasteiger partial charge in [-0.1, -0.05) is 17.7 Å². The van der Waals surface area contributed by atoms with E-state index >= 15 is 0 Å².